The Hall–Kier alpha value is 0.430. The van der Waals surface area contributed by atoms with Gasteiger partial charge in [-0.1, -0.05) is 0 Å². The lowest BCUT2D eigenvalue weighted by molar-refractivity contribution is 0.964. The molecule has 0 saturated carbocycles. The van der Waals surface area contributed by atoms with Gasteiger partial charge >= 0.3 is 0 Å². The third kappa shape index (κ3) is 2.44. The predicted octanol–water partition coefficient (Wildman–Crippen LogP) is 2.75. The maximum Gasteiger partial charge on any atom is 0.0704 e. The maximum absolute atomic E-state index is 5.73. The quantitative estimate of drug-likeness (QED) is 0.825. The molecule has 0 fully saturated rings. The number of thiophene rings is 1. The second-order valence-electron chi connectivity index (χ2n) is 2.17. The second-order valence-corrected chi connectivity index (χ2v) is 4.95. The Morgan fingerprint density at radius 2 is 2.36 bits per heavy atom. The van der Waals surface area contributed by atoms with Gasteiger partial charge in [0.2, 0.25) is 0 Å². The van der Waals surface area contributed by atoms with E-state index in [-0.39, 0.29) is 0 Å². The van der Waals surface area contributed by atoms with Crippen LogP contribution in [-0.2, 0) is 12.3 Å². The zero-order valence-electron chi connectivity index (χ0n) is 5.94. The van der Waals surface area contributed by atoms with Crippen molar-refractivity contribution in [1.29, 1.82) is 0 Å². The van der Waals surface area contributed by atoms with E-state index in [1.165, 1.54) is 10.4 Å². The largest absolute Gasteiger partial charge is 0.330 e. The fourth-order valence-electron chi connectivity index (χ4n) is 0.910. The van der Waals surface area contributed by atoms with Crippen molar-refractivity contribution in [3.63, 3.8) is 0 Å². The molecule has 1 nitrogen and oxygen atoms in total. The number of hydrogen-bond acceptors (Lipinski definition) is 2. The van der Waals surface area contributed by atoms with E-state index in [0.29, 0.717) is 12.4 Å². The molecule has 0 amide bonds. The molecule has 0 radical (unpaired) electrons. The van der Waals surface area contributed by atoms with Crippen molar-refractivity contribution in [1.82, 2.24) is 0 Å². The van der Waals surface area contributed by atoms with Gasteiger partial charge in [-0.3, -0.25) is 0 Å². The third-order valence-corrected chi connectivity index (χ3v) is 3.51. The van der Waals surface area contributed by atoms with E-state index in [9.17, 15) is 0 Å². The van der Waals surface area contributed by atoms with Gasteiger partial charge in [-0.25, -0.2) is 0 Å². The highest BCUT2D eigenvalue weighted by Crippen LogP contribution is 2.28. The number of halogens is 2. The fourth-order valence-corrected chi connectivity index (χ4v) is 2.89. The molecule has 0 unspecified atom stereocenters. The van der Waals surface area contributed by atoms with Gasteiger partial charge in [0.1, 0.15) is 0 Å². The van der Waals surface area contributed by atoms with Gasteiger partial charge in [-0.05, 0) is 40.5 Å². The number of rotatable bonds is 3. The summed E-state index contributed by atoms with van der Waals surface area (Å²) in [5.41, 5.74) is 6.72. The molecule has 11 heavy (non-hydrogen) atoms. The minimum absolute atomic E-state index is 0.589. The van der Waals surface area contributed by atoms with Crippen LogP contribution in [0.15, 0.2) is 9.85 Å². The topological polar surface area (TPSA) is 26.0 Å². The first-order valence-electron chi connectivity index (χ1n) is 3.31. The average Bonchev–Trinajstić information content (AvgIpc) is 2.32. The van der Waals surface area contributed by atoms with Crippen LogP contribution in [0, 0.1) is 0 Å². The Morgan fingerprint density at radius 3 is 2.91 bits per heavy atom. The van der Waals surface area contributed by atoms with E-state index >= 15 is 0 Å². The van der Waals surface area contributed by atoms with E-state index in [4.69, 9.17) is 17.3 Å². The minimum atomic E-state index is 0.589. The van der Waals surface area contributed by atoms with Crippen LogP contribution in [0.2, 0.25) is 0 Å². The molecule has 1 aromatic heterocycles. The Balaban J connectivity index is 2.83. The van der Waals surface area contributed by atoms with Crippen molar-refractivity contribution in [2.45, 2.75) is 12.3 Å². The lowest BCUT2D eigenvalue weighted by atomic mass is 10.2. The predicted molar refractivity (Wildman–Crippen MR) is 54.3 cm³/mol. The lowest BCUT2D eigenvalue weighted by Gasteiger charge is -1.95. The van der Waals surface area contributed by atoms with Crippen molar-refractivity contribution in [2.75, 3.05) is 6.54 Å². The molecule has 0 spiro atoms. The zero-order valence-corrected chi connectivity index (χ0v) is 9.10. The molecule has 1 aromatic rings. The van der Waals surface area contributed by atoms with Crippen LogP contribution in [0.3, 0.4) is 0 Å². The van der Waals surface area contributed by atoms with Gasteiger partial charge in [0.05, 0.1) is 9.67 Å². The number of nitrogens with two attached hydrogens (primary N) is 1. The van der Waals surface area contributed by atoms with Crippen molar-refractivity contribution >= 4 is 38.9 Å². The highest BCUT2D eigenvalue weighted by molar-refractivity contribution is 9.11. The summed E-state index contributed by atoms with van der Waals surface area (Å²) in [6.45, 7) is 0.688. The van der Waals surface area contributed by atoms with Gasteiger partial charge in [0.25, 0.3) is 0 Å². The lowest BCUT2D eigenvalue weighted by Crippen LogP contribution is -2.02. The first kappa shape index (κ1) is 9.52. The molecular formula is C7H9BrClNS. The maximum atomic E-state index is 5.73. The summed E-state index contributed by atoms with van der Waals surface area (Å²) in [5, 5.41) is 0. The molecule has 0 aliphatic heterocycles. The Bertz CT molecular complexity index is 236. The number of alkyl halides is 1. The van der Waals surface area contributed by atoms with Crippen LogP contribution < -0.4 is 5.73 Å². The fraction of sp³-hybridized carbons (Fsp3) is 0.429. The Kier molecular flexibility index (Phi) is 3.85. The molecule has 1 heterocycles. The van der Waals surface area contributed by atoms with Gasteiger partial charge in [0.15, 0.2) is 0 Å². The van der Waals surface area contributed by atoms with E-state index < -0.39 is 0 Å². The van der Waals surface area contributed by atoms with Crippen LogP contribution in [0.1, 0.15) is 10.4 Å². The van der Waals surface area contributed by atoms with Crippen LogP contribution in [-0.4, -0.2) is 6.54 Å². The summed E-state index contributed by atoms with van der Waals surface area (Å²) in [5.74, 6) is 0.589. The van der Waals surface area contributed by atoms with Gasteiger partial charge in [-0.15, -0.1) is 22.9 Å². The monoisotopic (exact) mass is 253 g/mol. The Labute approximate surface area is 83.7 Å². The highest BCUT2D eigenvalue weighted by Gasteiger charge is 2.04. The third-order valence-electron chi connectivity index (χ3n) is 1.40. The Morgan fingerprint density at radius 1 is 1.64 bits per heavy atom. The molecule has 0 atom stereocenters. The van der Waals surface area contributed by atoms with E-state index in [2.05, 4.69) is 22.0 Å². The standard InChI is InChI=1S/C7H9BrClNS/c8-7-3-5(1-2-10)6(4-9)11-7/h3H,1-2,4,10H2. The van der Waals surface area contributed by atoms with Gasteiger partial charge < -0.3 is 5.73 Å². The smallest absolute Gasteiger partial charge is 0.0704 e. The summed E-state index contributed by atoms with van der Waals surface area (Å²) < 4.78 is 1.14. The zero-order chi connectivity index (χ0) is 8.27. The van der Waals surface area contributed by atoms with Crippen molar-refractivity contribution in [3.05, 3.63) is 20.3 Å². The van der Waals surface area contributed by atoms with Crippen LogP contribution in [0.5, 0.6) is 0 Å². The number of hydrogen-bond donors (Lipinski definition) is 1. The highest BCUT2D eigenvalue weighted by atomic mass is 79.9. The summed E-state index contributed by atoms with van der Waals surface area (Å²) in [6.07, 6.45) is 0.921. The van der Waals surface area contributed by atoms with Crippen LogP contribution >= 0.6 is 38.9 Å². The van der Waals surface area contributed by atoms with E-state index in [0.717, 1.165) is 10.2 Å². The molecule has 0 aliphatic rings. The van der Waals surface area contributed by atoms with Gasteiger partial charge in [-0.2, -0.15) is 0 Å². The molecule has 0 aromatic carbocycles. The molecule has 62 valence electrons. The molecule has 0 saturated heterocycles. The van der Waals surface area contributed by atoms with Crippen molar-refractivity contribution < 1.29 is 0 Å². The summed E-state index contributed by atoms with van der Waals surface area (Å²) in [4.78, 5) is 1.23. The van der Waals surface area contributed by atoms with Crippen molar-refractivity contribution in [2.24, 2.45) is 5.73 Å². The van der Waals surface area contributed by atoms with E-state index in [1.54, 1.807) is 11.3 Å². The summed E-state index contributed by atoms with van der Waals surface area (Å²) >= 11 is 10.8. The first-order valence-corrected chi connectivity index (χ1v) is 5.45. The first-order chi connectivity index (χ1) is 5.27. The minimum Gasteiger partial charge on any atom is -0.330 e. The molecule has 2 N–H and O–H groups in total. The summed E-state index contributed by atoms with van der Waals surface area (Å²) in [6, 6.07) is 2.09. The molecule has 0 aliphatic carbocycles. The second kappa shape index (κ2) is 4.45. The molecular weight excluding hydrogens is 246 g/mol. The van der Waals surface area contributed by atoms with Crippen molar-refractivity contribution in [3.8, 4) is 0 Å². The molecule has 1 rings (SSSR count). The molecule has 0 bridgehead atoms. The normalized spacial score (nSPS) is 10.5. The van der Waals surface area contributed by atoms with Crippen LogP contribution in [0.4, 0.5) is 0 Å². The molecule has 4 heteroatoms. The SMILES string of the molecule is NCCc1cc(Br)sc1CCl. The summed E-state index contributed by atoms with van der Waals surface area (Å²) in [7, 11) is 0. The van der Waals surface area contributed by atoms with Crippen LogP contribution in [0.25, 0.3) is 0 Å². The van der Waals surface area contributed by atoms with E-state index in [1.807, 2.05) is 0 Å². The average molecular weight is 255 g/mol. The van der Waals surface area contributed by atoms with Gasteiger partial charge in [0, 0.05) is 4.88 Å².